The van der Waals surface area contributed by atoms with Gasteiger partial charge in [0.05, 0.1) is 26.4 Å². The summed E-state index contributed by atoms with van der Waals surface area (Å²) in [5, 5.41) is 0. The molecule has 0 N–H and O–H groups in total. The van der Waals surface area contributed by atoms with E-state index in [1.807, 2.05) is 24.3 Å². The predicted molar refractivity (Wildman–Crippen MR) is 129 cm³/mol. The van der Waals surface area contributed by atoms with E-state index in [1.165, 1.54) is 38.9 Å². The minimum absolute atomic E-state index is 0.0524. The number of nitrogens with zero attached hydrogens (tertiary/aromatic N) is 1. The van der Waals surface area contributed by atoms with E-state index in [4.69, 9.17) is 18.9 Å². The molecule has 0 spiro atoms. The van der Waals surface area contributed by atoms with Crippen molar-refractivity contribution in [1.82, 2.24) is 4.90 Å². The molecule has 0 aliphatic carbocycles. The van der Waals surface area contributed by atoms with Crippen LogP contribution in [0.3, 0.4) is 0 Å². The third-order valence-electron chi connectivity index (χ3n) is 6.21. The number of fused-ring (bicyclic) bond motifs is 1. The molecule has 0 amide bonds. The van der Waals surface area contributed by atoms with Crippen LogP contribution in [0, 0.1) is 0 Å². The van der Waals surface area contributed by atoms with Crippen molar-refractivity contribution in [2.75, 3.05) is 47.1 Å². The van der Waals surface area contributed by atoms with Crippen LogP contribution < -0.4 is 18.9 Å². The fourth-order valence-electron chi connectivity index (χ4n) is 4.34. The number of hydrogen-bond donors (Lipinski definition) is 0. The van der Waals surface area contributed by atoms with E-state index in [-0.39, 0.29) is 12.4 Å². The maximum absolute atomic E-state index is 13.0. The van der Waals surface area contributed by atoms with Crippen molar-refractivity contribution >= 4 is 11.9 Å². The zero-order valence-electron chi connectivity index (χ0n) is 19.6. The summed E-state index contributed by atoms with van der Waals surface area (Å²) in [5.74, 6) is 2.54. The van der Waals surface area contributed by atoms with Gasteiger partial charge in [0.25, 0.3) is 0 Å². The summed E-state index contributed by atoms with van der Waals surface area (Å²) < 4.78 is 22.5. The minimum Gasteiger partial charge on any atom is -0.497 e. The first-order valence-corrected chi connectivity index (χ1v) is 11.8. The van der Waals surface area contributed by atoms with Crippen LogP contribution in [0.4, 0.5) is 0 Å². The molecule has 2 aromatic carbocycles. The Bertz CT molecular complexity index is 994. The smallest absolute Gasteiger partial charge is 0.196 e. The van der Waals surface area contributed by atoms with Gasteiger partial charge in [0, 0.05) is 5.57 Å². The lowest BCUT2D eigenvalue weighted by Gasteiger charge is -2.19. The number of methoxy groups -OCH3 is 2. The van der Waals surface area contributed by atoms with Crippen LogP contribution in [0.25, 0.3) is 6.08 Å². The molecule has 6 heteroatoms. The molecular formula is C27H33NO5. The average Bonchev–Trinajstić information content (AvgIpc) is 3.37. The highest BCUT2D eigenvalue weighted by molar-refractivity contribution is 6.14. The summed E-state index contributed by atoms with van der Waals surface area (Å²) in [6.45, 7) is 4.62. The number of ketones is 1. The average molecular weight is 452 g/mol. The maximum Gasteiger partial charge on any atom is 0.196 e. The Morgan fingerprint density at radius 3 is 2.61 bits per heavy atom. The normalized spacial score (nSPS) is 17.0. The van der Waals surface area contributed by atoms with Crippen LogP contribution in [-0.4, -0.2) is 57.8 Å². The van der Waals surface area contributed by atoms with E-state index in [9.17, 15) is 4.79 Å². The molecule has 2 aliphatic rings. The minimum atomic E-state index is -0.0524. The molecule has 2 aromatic rings. The molecule has 0 unspecified atom stereocenters. The molecule has 4 rings (SSSR count). The molecule has 0 radical (unpaired) electrons. The maximum atomic E-state index is 13.0. The predicted octanol–water partition coefficient (Wildman–Crippen LogP) is 5.01. The molecular weight excluding hydrogens is 418 g/mol. The van der Waals surface area contributed by atoms with Crippen LogP contribution in [0.2, 0.25) is 0 Å². The molecule has 1 fully saturated rings. The number of carbonyl (C=O) groups excluding carboxylic acids is 1. The van der Waals surface area contributed by atoms with E-state index < -0.39 is 0 Å². The Balaban J connectivity index is 1.34. The number of rotatable bonds is 10. The Morgan fingerprint density at radius 1 is 0.970 bits per heavy atom. The van der Waals surface area contributed by atoms with E-state index in [2.05, 4.69) is 4.90 Å². The molecule has 2 heterocycles. The van der Waals surface area contributed by atoms with Gasteiger partial charge < -0.3 is 23.8 Å². The van der Waals surface area contributed by atoms with Crippen LogP contribution in [-0.2, 0) is 0 Å². The summed E-state index contributed by atoms with van der Waals surface area (Å²) in [5.41, 5.74) is 1.97. The van der Waals surface area contributed by atoms with Crippen LogP contribution in [0.1, 0.15) is 48.0 Å². The van der Waals surface area contributed by atoms with Gasteiger partial charge in [0.1, 0.15) is 18.1 Å². The van der Waals surface area contributed by atoms with Gasteiger partial charge in [-0.05, 0) is 93.7 Å². The summed E-state index contributed by atoms with van der Waals surface area (Å²) >= 11 is 0. The lowest BCUT2D eigenvalue weighted by Crippen LogP contribution is -2.20. The van der Waals surface area contributed by atoms with E-state index in [0.29, 0.717) is 35.0 Å². The highest BCUT2D eigenvalue weighted by atomic mass is 16.5. The van der Waals surface area contributed by atoms with Crippen molar-refractivity contribution in [2.24, 2.45) is 0 Å². The number of hydrogen-bond acceptors (Lipinski definition) is 6. The highest BCUT2D eigenvalue weighted by Gasteiger charge is 2.24. The molecule has 176 valence electrons. The number of carbonyl (C=O) groups is 1. The number of ether oxygens (including phenoxy) is 4. The van der Waals surface area contributed by atoms with Crippen LogP contribution in [0.5, 0.6) is 23.0 Å². The second-order valence-electron chi connectivity index (χ2n) is 8.52. The number of Topliss-reactive ketones (excluding diaryl/α,β-unsaturated/α-hetero) is 1. The molecule has 0 saturated carbocycles. The van der Waals surface area contributed by atoms with Crippen molar-refractivity contribution in [1.29, 1.82) is 0 Å². The van der Waals surface area contributed by atoms with Crippen molar-refractivity contribution in [3.05, 3.63) is 53.1 Å². The van der Waals surface area contributed by atoms with E-state index in [0.717, 1.165) is 24.2 Å². The van der Waals surface area contributed by atoms with Gasteiger partial charge in [-0.25, -0.2) is 0 Å². The molecule has 6 nitrogen and oxygen atoms in total. The summed E-state index contributed by atoms with van der Waals surface area (Å²) in [6, 6.07) is 11.0. The molecule has 33 heavy (non-hydrogen) atoms. The molecule has 0 bridgehead atoms. The van der Waals surface area contributed by atoms with Gasteiger partial charge in [-0.15, -0.1) is 0 Å². The highest BCUT2D eigenvalue weighted by Crippen LogP contribution is 2.33. The topological polar surface area (TPSA) is 57.2 Å². The lowest BCUT2D eigenvalue weighted by molar-refractivity contribution is 0.100. The standard InChI is InChI=1S/C27H33NO5/c1-30-22-9-11-24-23(18-22)27(29)21(19-33-24)16-20-8-10-25(26(17-20)31-2)32-15-7-3-4-12-28-13-5-6-14-28/h8-11,16-18H,3-7,12-15,19H2,1-2H3. The summed E-state index contributed by atoms with van der Waals surface area (Å²) in [7, 11) is 3.21. The van der Waals surface area contributed by atoms with Crippen molar-refractivity contribution in [3.8, 4) is 23.0 Å². The van der Waals surface area contributed by atoms with Crippen LogP contribution in [0.15, 0.2) is 42.0 Å². The first-order valence-electron chi connectivity index (χ1n) is 11.8. The van der Waals surface area contributed by atoms with Gasteiger partial charge >= 0.3 is 0 Å². The Kier molecular flexibility index (Phi) is 7.89. The number of likely N-dealkylation sites (tertiary alicyclic amines) is 1. The summed E-state index contributed by atoms with van der Waals surface area (Å²) in [6.07, 6.45) is 7.94. The zero-order valence-corrected chi connectivity index (χ0v) is 19.6. The zero-order chi connectivity index (χ0) is 23.0. The van der Waals surface area contributed by atoms with Gasteiger partial charge in [-0.1, -0.05) is 6.07 Å². The van der Waals surface area contributed by atoms with Crippen LogP contribution >= 0.6 is 0 Å². The van der Waals surface area contributed by atoms with E-state index >= 15 is 0 Å². The fourth-order valence-corrected chi connectivity index (χ4v) is 4.34. The van der Waals surface area contributed by atoms with Crippen molar-refractivity contribution in [3.63, 3.8) is 0 Å². The summed E-state index contributed by atoms with van der Waals surface area (Å²) in [4.78, 5) is 15.5. The first-order chi connectivity index (χ1) is 16.2. The Morgan fingerprint density at radius 2 is 1.82 bits per heavy atom. The SMILES string of the molecule is COc1ccc2c(c1)C(=O)C(=Cc1ccc(OCCCCCN3CCCC3)c(OC)c1)CO2. The quantitative estimate of drug-likeness (QED) is 0.374. The van der Waals surface area contributed by atoms with Gasteiger partial charge in [0.15, 0.2) is 17.3 Å². The van der Waals surface area contributed by atoms with Crippen molar-refractivity contribution < 1.29 is 23.7 Å². The second kappa shape index (κ2) is 11.2. The Labute approximate surface area is 196 Å². The van der Waals surface area contributed by atoms with Gasteiger partial charge in [0.2, 0.25) is 0 Å². The molecule has 1 saturated heterocycles. The van der Waals surface area contributed by atoms with Gasteiger partial charge in [-0.2, -0.15) is 0 Å². The number of benzene rings is 2. The van der Waals surface area contributed by atoms with Crippen molar-refractivity contribution in [2.45, 2.75) is 32.1 Å². The molecule has 0 aromatic heterocycles. The first kappa shape index (κ1) is 23.2. The molecule has 0 atom stereocenters. The lowest BCUT2D eigenvalue weighted by atomic mass is 9.98. The fraction of sp³-hybridized carbons (Fsp3) is 0.444. The third kappa shape index (κ3) is 5.88. The second-order valence-corrected chi connectivity index (χ2v) is 8.52. The van der Waals surface area contributed by atoms with Gasteiger partial charge in [-0.3, -0.25) is 4.79 Å². The largest absolute Gasteiger partial charge is 0.497 e. The third-order valence-corrected chi connectivity index (χ3v) is 6.21. The van der Waals surface area contributed by atoms with E-state index in [1.54, 1.807) is 32.4 Å². The monoisotopic (exact) mass is 451 g/mol. The Hall–Kier alpha value is -2.99. The molecule has 2 aliphatic heterocycles. The number of unbranched alkanes of at least 4 members (excludes halogenated alkanes) is 2.